The van der Waals surface area contributed by atoms with Gasteiger partial charge in [0.2, 0.25) is 11.8 Å². The molecule has 0 bridgehead atoms. The van der Waals surface area contributed by atoms with Gasteiger partial charge in [-0.25, -0.2) is 4.98 Å². The summed E-state index contributed by atoms with van der Waals surface area (Å²) in [7, 11) is 0. The van der Waals surface area contributed by atoms with Gasteiger partial charge in [-0.05, 0) is 25.1 Å². The van der Waals surface area contributed by atoms with Crippen LogP contribution in [0, 0.1) is 6.92 Å². The van der Waals surface area contributed by atoms with E-state index < -0.39 is 0 Å². The number of carbonyl (C=O) groups excluding carboxylic acids is 2. The summed E-state index contributed by atoms with van der Waals surface area (Å²) in [5.74, 6) is -0.000156. The molecular weight excluding hydrogens is 378 g/mol. The smallest absolute Gasteiger partial charge is 0.234 e. The zero-order valence-corrected chi connectivity index (χ0v) is 16.6. The van der Waals surface area contributed by atoms with Crippen LogP contribution in [0.2, 0.25) is 0 Å². The first-order valence-corrected chi connectivity index (χ1v) is 10.2. The van der Waals surface area contributed by atoms with E-state index in [0.717, 1.165) is 15.6 Å². The van der Waals surface area contributed by atoms with Gasteiger partial charge in [-0.1, -0.05) is 47.7 Å². The Balaban J connectivity index is 1.55. The molecule has 0 saturated carbocycles. The van der Waals surface area contributed by atoms with Crippen LogP contribution in [-0.2, 0) is 9.59 Å². The summed E-state index contributed by atoms with van der Waals surface area (Å²) in [6, 6.07) is 15.3. The van der Waals surface area contributed by atoms with Crippen LogP contribution in [0.4, 0.5) is 11.4 Å². The number of aromatic nitrogens is 1. The highest BCUT2D eigenvalue weighted by molar-refractivity contribution is 8.01. The standard InChI is InChI=1S/C20H19N3O2S2/c1-13-6-8-15(9-7-13)18-11-26-20(23-18)27-12-19(25)22-17-5-3-4-16(10-17)21-14(2)24/h3-11H,12H2,1-2H3,(H,21,24)(H,22,25). The lowest BCUT2D eigenvalue weighted by Gasteiger charge is -2.07. The van der Waals surface area contributed by atoms with E-state index >= 15 is 0 Å². The molecule has 2 amide bonds. The quantitative estimate of drug-likeness (QED) is 0.586. The van der Waals surface area contributed by atoms with Crippen LogP contribution >= 0.6 is 23.1 Å². The van der Waals surface area contributed by atoms with Crippen LogP contribution in [0.1, 0.15) is 12.5 Å². The molecule has 0 aliphatic rings. The fraction of sp³-hybridized carbons (Fsp3) is 0.150. The highest BCUT2D eigenvalue weighted by Crippen LogP contribution is 2.28. The van der Waals surface area contributed by atoms with E-state index in [0.29, 0.717) is 11.4 Å². The molecule has 3 rings (SSSR count). The monoisotopic (exact) mass is 397 g/mol. The summed E-state index contributed by atoms with van der Waals surface area (Å²) in [6.07, 6.45) is 0. The summed E-state index contributed by atoms with van der Waals surface area (Å²) in [5, 5.41) is 7.53. The van der Waals surface area contributed by atoms with Crippen molar-refractivity contribution in [1.29, 1.82) is 0 Å². The molecule has 0 unspecified atom stereocenters. The molecule has 0 atom stereocenters. The molecule has 0 spiro atoms. The van der Waals surface area contributed by atoms with Crippen molar-refractivity contribution in [2.75, 3.05) is 16.4 Å². The molecule has 2 aromatic carbocycles. The van der Waals surface area contributed by atoms with E-state index in [2.05, 4.69) is 34.7 Å². The molecule has 1 aromatic heterocycles. The number of thioether (sulfide) groups is 1. The van der Waals surface area contributed by atoms with Gasteiger partial charge in [0.15, 0.2) is 4.34 Å². The lowest BCUT2D eigenvalue weighted by molar-refractivity contribution is -0.114. The van der Waals surface area contributed by atoms with Crippen molar-refractivity contribution in [2.24, 2.45) is 0 Å². The van der Waals surface area contributed by atoms with Gasteiger partial charge in [-0.3, -0.25) is 9.59 Å². The van der Waals surface area contributed by atoms with Crippen molar-refractivity contribution in [2.45, 2.75) is 18.2 Å². The summed E-state index contributed by atoms with van der Waals surface area (Å²) < 4.78 is 0.854. The summed E-state index contributed by atoms with van der Waals surface area (Å²) in [5.41, 5.74) is 4.50. The fourth-order valence-corrected chi connectivity index (χ4v) is 4.02. The largest absolute Gasteiger partial charge is 0.326 e. The molecule has 7 heteroatoms. The molecule has 5 nitrogen and oxygen atoms in total. The second-order valence-corrected chi connectivity index (χ2v) is 8.04. The van der Waals surface area contributed by atoms with Gasteiger partial charge in [-0.2, -0.15) is 0 Å². The molecule has 0 fully saturated rings. The van der Waals surface area contributed by atoms with Gasteiger partial charge in [0, 0.05) is 29.2 Å². The Morgan fingerprint density at radius 2 is 1.78 bits per heavy atom. The lowest BCUT2D eigenvalue weighted by Crippen LogP contribution is -2.14. The summed E-state index contributed by atoms with van der Waals surface area (Å²) in [4.78, 5) is 27.9. The number of nitrogens with zero attached hydrogens (tertiary/aromatic N) is 1. The van der Waals surface area contributed by atoms with Crippen molar-refractivity contribution in [1.82, 2.24) is 4.98 Å². The second kappa shape index (κ2) is 8.83. The van der Waals surface area contributed by atoms with Gasteiger partial charge < -0.3 is 10.6 Å². The first kappa shape index (κ1) is 19.1. The van der Waals surface area contributed by atoms with Crippen LogP contribution in [-0.4, -0.2) is 22.6 Å². The molecule has 2 N–H and O–H groups in total. The van der Waals surface area contributed by atoms with E-state index in [4.69, 9.17) is 0 Å². The first-order valence-electron chi connectivity index (χ1n) is 8.32. The number of thiazole rings is 1. The molecule has 3 aromatic rings. The molecule has 27 heavy (non-hydrogen) atoms. The maximum atomic E-state index is 12.2. The predicted molar refractivity (Wildman–Crippen MR) is 112 cm³/mol. The lowest BCUT2D eigenvalue weighted by atomic mass is 10.1. The molecule has 0 saturated heterocycles. The fourth-order valence-electron chi connectivity index (χ4n) is 2.38. The van der Waals surface area contributed by atoms with Gasteiger partial charge in [-0.15, -0.1) is 11.3 Å². The molecular formula is C20H19N3O2S2. The third-order valence-electron chi connectivity index (χ3n) is 3.62. The predicted octanol–water partition coefficient (Wildman–Crippen LogP) is 4.81. The van der Waals surface area contributed by atoms with Crippen molar-refractivity contribution < 1.29 is 9.59 Å². The minimum absolute atomic E-state index is 0.118. The van der Waals surface area contributed by atoms with Crippen molar-refractivity contribution in [3.63, 3.8) is 0 Å². The number of carbonyl (C=O) groups is 2. The molecule has 1 heterocycles. The zero-order valence-electron chi connectivity index (χ0n) is 15.0. The maximum absolute atomic E-state index is 12.2. The molecule has 138 valence electrons. The third kappa shape index (κ3) is 5.67. The van der Waals surface area contributed by atoms with Crippen LogP contribution in [0.3, 0.4) is 0 Å². The van der Waals surface area contributed by atoms with Gasteiger partial charge in [0.05, 0.1) is 11.4 Å². The first-order chi connectivity index (χ1) is 13.0. The average Bonchev–Trinajstić information content (AvgIpc) is 3.09. The maximum Gasteiger partial charge on any atom is 0.234 e. The average molecular weight is 398 g/mol. The Hall–Kier alpha value is -2.64. The Kier molecular flexibility index (Phi) is 6.26. The van der Waals surface area contributed by atoms with Crippen LogP contribution in [0.5, 0.6) is 0 Å². The Bertz CT molecular complexity index is 952. The number of nitrogens with one attached hydrogen (secondary N) is 2. The van der Waals surface area contributed by atoms with E-state index in [1.165, 1.54) is 35.6 Å². The number of benzene rings is 2. The number of hydrogen-bond donors (Lipinski definition) is 2. The normalized spacial score (nSPS) is 10.4. The summed E-state index contributed by atoms with van der Waals surface area (Å²) >= 11 is 2.94. The molecule has 0 radical (unpaired) electrons. The Morgan fingerprint density at radius 3 is 2.48 bits per heavy atom. The third-order valence-corrected chi connectivity index (χ3v) is 5.64. The zero-order chi connectivity index (χ0) is 19.2. The highest BCUT2D eigenvalue weighted by atomic mass is 32.2. The summed E-state index contributed by atoms with van der Waals surface area (Å²) in [6.45, 7) is 3.50. The Labute approximate surface area is 166 Å². The van der Waals surface area contributed by atoms with E-state index in [1.54, 1.807) is 24.3 Å². The number of anilines is 2. The second-order valence-electron chi connectivity index (χ2n) is 5.96. The Morgan fingerprint density at radius 1 is 1.07 bits per heavy atom. The highest BCUT2D eigenvalue weighted by Gasteiger charge is 2.09. The van der Waals surface area contributed by atoms with E-state index in [1.807, 2.05) is 17.5 Å². The van der Waals surface area contributed by atoms with Gasteiger partial charge in [0.1, 0.15) is 0 Å². The molecule has 0 aliphatic carbocycles. The SMILES string of the molecule is CC(=O)Nc1cccc(NC(=O)CSc2nc(-c3ccc(C)cc3)cs2)c1. The minimum atomic E-state index is -0.151. The van der Waals surface area contributed by atoms with E-state index in [9.17, 15) is 9.59 Å². The van der Waals surface area contributed by atoms with E-state index in [-0.39, 0.29) is 17.6 Å². The minimum Gasteiger partial charge on any atom is -0.326 e. The molecule has 0 aliphatic heterocycles. The number of amides is 2. The van der Waals surface area contributed by atoms with Crippen LogP contribution in [0.25, 0.3) is 11.3 Å². The van der Waals surface area contributed by atoms with Crippen molar-refractivity contribution >= 4 is 46.3 Å². The number of aryl methyl sites for hydroxylation is 1. The van der Waals surface area contributed by atoms with Gasteiger partial charge in [0.25, 0.3) is 0 Å². The van der Waals surface area contributed by atoms with Crippen molar-refractivity contribution in [3.8, 4) is 11.3 Å². The van der Waals surface area contributed by atoms with Crippen LogP contribution < -0.4 is 10.6 Å². The number of rotatable bonds is 6. The van der Waals surface area contributed by atoms with Crippen LogP contribution in [0.15, 0.2) is 58.3 Å². The van der Waals surface area contributed by atoms with Crippen molar-refractivity contribution in [3.05, 3.63) is 59.5 Å². The topological polar surface area (TPSA) is 71.1 Å². The van der Waals surface area contributed by atoms with Gasteiger partial charge >= 0.3 is 0 Å². The number of hydrogen-bond acceptors (Lipinski definition) is 5.